The van der Waals surface area contributed by atoms with Crippen molar-refractivity contribution in [3.8, 4) is 0 Å². The SMILES string of the molecule is NCC(c1cncc2ccccc12)N1CCCCCCC1. The first kappa shape index (κ1) is 14.5. The molecule has 21 heavy (non-hydrogen) atoms. The molecule has 0 radical (unpaired) electrons. The second-order valence-corrected chi connectivity index (χ2v) is 6.01. The molecule has 2 aromatic rings. The maximum absolute atomic E-state index is 6.15. The van der Waals surface area contributed by atoms with Crippen molar-refractivity contribution >= 4 is 10.8 Å². The van der Waals surface area contributed by atoms with E-state index in [2.05, 4.69) is 34.1 Å². The summed E-state index contributed by atoms with van der Waals surface area (Å²) in [6, 6.07) is 8.79. The van der Waals surface area contributed by atoms with Crippen LogP contribution in [0.2, 0.25) is 0 Å². The fourth-order valence-corrected chi connectivity index (χ4v) is 3.46. The minimum atomic E-state index is 0.293. The van der Waals surface area contributed by atoms with Gasteiger partial charge in [0.05, 0.1) is 0 Å². The standard InChI is InChI=1S/C18H25N3/c19-12-18(21-10-6-2-1-3-7-11-21)17-14-20-13-15-8-4-5-9-16(15)17/h4-5,8-9,13-14,18H,1-3,6-7,10-12,19H2. The molecule has 0 amide bonds. The Hall–Kier alpha value is -1.45. The highest BCUT2D eigenvalue weighted by atomic mass is 15.2. The van der Waals surface area contributed by atoms with Gasteiger partial charge in [0.15, 0.2) is 0 Å². The molecule has 1 saturated heterocycles. The van der Waals surface area contributed by atoms with Crippen LogP contribution in [0.3, 0.4) is 0 Å². The van der Waals surface area contributed by atoms with Gasteiger partial charge in [-0.05, 0) is 36.9 Å². The largest absolute Gasteiger partial charge is 0.329 e. The summed E-state index contributed by atoms with van der Waals surface area (Å²) in [5, 5.41) is 2.51. The van der Waals surface area contributed by atoms with Crippen LogP contribution in [0.1, 0.15) is 43.7 Å². The molecule has 3 heteroatoms. The summed E-state index contributed by atoms with van der Waals surface area (Å²) in [4.78, 5) is 7.01. The van der Waals surface area contributed by atoms with Gasteiger partial charge in [0.25, 0.3) is 0 Å². The van der Waals surface area contributed by atoms with Gasteiger partial charge < -0.3 is 5.73 Å². The molecule has 3 nitrogen and oxygen atoms in total. The first-order valence-electron chi connectivity index (χ1n) is 8.17. The topological polar surface area (TPSA) is 42.1 Å². The smallest absolute Gasteiger partial charge is 0.0491 e. The Morgan fingerprint density at radius 3 is 2.48 bits per heavy atom. The van der Waals surface area contributed by atoms with Gasteiger partial charge in [0, 0.05) is 30.4 Å². The zero-order valence-electron chi connectivity index (χ0n) is 12.7. The number of aromatic nitrogens is 1. The molecular weight excluding hydrogens is 258 g/mol. The van der Waals surface area contributed by atoms with E-state index < -0.39 is 0 Å². The highest BCUT2D eigenvalue weighted by molar-refractivity contribution is 5.85. The predicted octanol–water partition coefficient (Wildman–Crippen LogP) is 3.50. The van der Waals surface area contributed by atoms with Crippen molar-refractivity contribution in [2.24, 2.45) is 5.73 Å². The quantitative estimate of drug-likeness (QED) is 0.937. The van der Waals surface area contributed by atoms with E-state index >= 15 is 0 Å². The van der Waals surface area contributed by atoms with Crippen molar-refractivity contribution in [2.75, 3.05) is 19.6 Å². The minimum absolute atomic E-state index is 0.293. The predicted molar refractivity (Wildman–Crippen MR) is 88.2 cm³/mol. The van der Waals surface area contributed by atoms with Gasteiger partial charge in [0.2, 0.25) is 0 Å². The van der Waals surface area contributed by atoms with Crippen molar-refractivity contribution < 1.29 is 0 Å². The minimum Gasteiger partial charge on any atom is -0.329 e. The molecule has 1 unspecified atom stereocenters. The number of nitrogens with zero attached hydrogens (tertiary/aromatic N) is 2. The molecule has 1 aromatic carbocycles. The molecule has 112 valence electrons. The van der Waals surface area contributed by atoms with Crippen LogP contribution >= 0.6 is 0 Å². The Bertz CT molecular complexity index is 568. The Labute approximate surface area is 127 Å². The lowest BCUT2D eigenvalue weighted by molar-refractivity contribution is 0.184. The summed E-state index contributed by atoms with van der Waals surface area (Å²) in [5.74, 6) is 0. The van der Waals surface area contributed by atoms with E-state index in [1.165, 1.54) is 48.4 Å². The molecular formula is C18H25N3. The van der Waals surface area contributed by atoms with E-state index in [-0.39, 0.29) is 0 Å². The molecule has 2 heterocycles. The molecule has 1 fully saturated rings. The monoisotopic (exact) mass is 283 g/mol. The summed E-state index contributed by atoms with van der Waals surface area (Å²) < 4.78 is 0. The van der Waals surface area contributed by atoms with Gasteiger partial charge >= 0.3 is 0 Å². The van der Waals surface area contributed by atoms with Crippen LogP contribution in [-0.2, 0) is 0 Å². The Balaban J connectivity index is 1.93. The second-order valence-electron chi connectivity index (χ2n) is 6.01. The molecule has 0 aliphatic carbocycles. The van der Waals surface area contributed by atoms with Crippen LogP contribution in [0.25, 0.3) is 10.8 Å². The van der Waals surface area contributed by atoms with Crippen LogP contribution in [-0.4, -0.2) is 29.5 Å². The number of fused-ring (bicyclic) bond motifs is 1. The van der Waals surface area contributed by atoms with Gasteiger partial charge in [-0.15, -0.1) is 0 Å². The Kier molecular flexibility index (Phi) is 4.84. The van der Waals surface area contributed by atoms with E-state index in [1.807, 2.05) is 12.4 Å². The fourth-order valence-electron chi connectivity index (χ4n) is 3.46. The molecule has 1 aliphatic rings. The highest BCUT2D eigenvalue weighted by Crippen LogP contribution is 2.28. The Morgan fingerprint density at radius 2 is 1.71 bits per heavy atom. The number of hydrogen-bond donors (Lipinski definition) is 1. The van der Waals surface area contributed by atoms with Crippen molar-refractivity contribution in [1.29, 1.82) is 0 Å². The second kappa shape index (κ2) is 7.01. The number of benzene rings is 1. The Morgan fingerprint density at radius 1 is 1.00 bits per heavy atom. The zero-order valence-corrected chi connectivity index (χ0v) is 12.7. The lowest BCUT2D eigenvalue weighted by Crippen LogP contribution is -2.36. The molecule has 1 aliphatic heterocycles. The number of nitrogens with two attached hydrogens (primary N) is 1. The third-order valence-corrected chi connectivity index (χ3v) is 4.61. The van der Waals surface area contributed by atoms with Crippen LogP contribution in [0.4, 0.5) is 0 Å². The molecule has 3 rings (SSSR count). The van der Waals surface area contributed by atoms with Gasteiger partial charge in [-0.25, -0.2) is 0 Å². The first-order valence-corrected chi connectivity index (χ1v) is 8.17. The van der Waals surface area contributed by atoms with Gasteiger partial charge in [-0.3, -0.25) is 9.88 Å². The number of pyridine rings is 1. The summed E-state index contributed by atoms with van der Waals surface area (Å²) >= 11 is 0. The van der Waals surface area contributed by atoms with E-state index in [1.54, 1.807) is 0 Å². The molecule has 1 atom stereocenters. The van der Waals surface area contributed by atoms with Gasteiger partial charge in [0.1, 0.15) is 0 Å². The average Bonchev–Trinajstić information content (AvgIpc) is 2.50. The summed E-state index contributed by atoms with van der Waals surface area (Å²) in [6.45, 7) is 2.98. The van der Waals surface area contributed by atoms with Crippen molar-refractivity contribution in [3.63, 3.8) is 0 Å². The molecule has 0 saturated carbocycles. The van der Waals surface area contributed by atoms with Crippen molar-refractivity contribution in [3.05, 3.63) is 42.2 Å². The maximum atomic E-state index is 6.15. The van der Waals surface area contributed by atoms with Crippen molar-refractivity contribution in [2.45, 2.75) is 38.1 Å². The van der Waals surface area contributed by atoms with Crippen LogP contribution in [0.15, 0.2) is 36.7 Å². The van der Waals surface area contributed by atoms with E-state index in [0.29, 0.717) is 12.6 Å². The van der Waals surface area contributed by atoms with E-state index in [4.69, 9.17) is 5.73 Å². The molecule has 1 aromatic heterocycles. The number of hydrogen-bond acceptors (Lipinski definition) is 3. The average molecular weight is 283 g/mol. The third kappa shape index (κ3) is 3.25. The van der Waals surface area contributed by atoms with Gasteiger partial charge in [-0.2, -0.15) is 0 Å². The molecule has 0 spiro atoms. The fraction of sp³-hybridized carbons (Fsp3) is 0.500. The lowest BCUT2D eigenvalue weighted by Gasteiger charge is -2.33. The van der Waals surface area contributed by atoms with Crippen LogP contribution < -0.4 is 5.73 Å². The maximum Gasteiger partial charge on any atom is 0.0491 e. The van der Waals surface area contributed by atoms with E-state index in [0.717, 1.165) is 13.1 Å². The van der Waals surface area contributed by atoms with Crippen LogP contribution in [0, 0.1) is 0 Å². The normalized spacial score (nSPS) is 19.1. The third-order valence-electron chi connectivity index (χ3n) is 4.61. The van der Waals surface area contributed by atoms with Crippen LogP contribution in [0.5, 0.6) is 0 Å². The van der Waals surface area contributed by atoms with E-state index in [9.17, 15) is 0 Å². The van der Waals surface area contributed by atoms with Crippen molar-refractivity contribution in [1.82, 2.24) is 9.88 Å². The molecule has 0 bridgehead atoms. The summed E-state index contributed by atoms with van der Waals surface area (Å²) in [6.07, 6.45) is 10.6. The first-order chi connectivity index (χ1) is 10.4. The highest BCUT2D eigenvalue weighted by Gasteiger charge is 2.21. The zero-order chi connectivity index (χ0) is 14.5. The number of rotatable bonds is 3. The van der Waals surface area contributed by atoms with Gasteiger partial charge in [-0.1, -0.05) is 43.5 Å². The summed E-state index contributed by atoms with van der Waals surface area (Å²) in [5.41, 5.74) is 7.44. The lowest BCUT2D eigenvalue weighted by atomic mass is 9.98. The molecule has 2 N–H and O–H groups in total. The summed E-state index contributed by atoms with van der Waals surface area (Å²) in [7, 11) is 0. The number of likely N-dealkylation sites (tertiary alicyclic amines) is 1.